The summed E-state index contributed by atoms with van der Waals surface area (Å²) in [6.45, 7) is 1.74. The lowest BCUT2D eigenvalue weighted by molar-refractivity contribution is -0.140. The van der Waals surface area contributed by atoms with Crippen LogP contribution >= 0.6 is 0 Å². The number of nitrogens with zero attached hydrogens (tertiary/aromatic N) is 2. The Morgan fingerprint density at radius 2 is 2.11 bits per heavy atom. The van der Waals surface area contributed by atoms with Crippen LogP contribution in [0.5, 0.6) is 5.88 Å². The maximum Gasteiger partial charge on any atom is 0.306 e. The summed E-state index contributed by atoms with van der Waals surface area (Å²) in [6, 6.07) is 3.36. The fourth-order valence-corrected chi connectivity index (χ4v) is 2.28. The van der Waals surface area contributed by atoms with Gasteiger partial charge in [-0.1, -0.05) is 6.92 Å². The number of methoxy groups -OCH3 is 2. The van der Waals surface area contributed by atoms with E-state index in [1.807, 2.05) is 0 Å². The van der Waals surface area contributed by atoms with Crippen molar-refractivity contribution < 1.29 is 18.5 Å². The van der Waals surface area contributed by atoms with E-state index in [-0.39, 0.29) is 23.4 Å². The van der Waals surface area contributed by atoms with Crippen LogP contribution in [0.4, 0.5) is 0 Å². The van der Waals surface area contributed by atoms with E-state index in [4.69, 9.17) is 4.74 Å². The summed E-state index contributed by atoms with van der Waals surface area (Å²) in [7, 11) is 1.62. The first kappa shape index (κ1) is 14.6. The zero-order chi connectivity index (χ0) is 13.5. The summed E-state index contributed by atoms with van der Waals surface area (Å²) in [5.41, 5.74) is 0.603. The molecule has 2 atom stereocenters. The fraction of sp³-hybridized carbons (Fsp3) is 0.545. The molecular formula is C11H16N2O4S. The Bertz CT molecular complexity index is 422. The van der Waals surface area contributed by atoms with E-state index in [2.05, 4.69) is 14.9 Å². The molecule has 0 spiro atoms. The predicted octanol–water partition coefficient (Wildman–Crippen LogP) is 0.685. The average molecular weight is 272 g/mol. The second-order valence-electron chi connectivity index (χ2n) is 3.68. The Kier molecular flexibility index (Phi) is 5.70. The van der Waals surface area contributed by atoms with E-state index in [9.17, 15) is 9.00 Å². The fourth-order valence-electron chi connectivity index (χ4n) is 1.23. The van der Waals surface area contributed by atoms with E-state index >= 15 is 0 Å². The highest BCUT2D eigenvalue weighted by Crippen LogP contribution is 2.10. The van der Waals surface area contributed by atoms with Gasteiger partial charge in [0, 0.05) is 22.1 Å². The summed E-state index contributed by atoms with van der Waals surface area (Å²) in [4.78, 5) is 11.1. The topological polar surface area (TPSA) is 78.4 Å². The number of rotatable bonds is 6. The third kappa shape index (κ3) is 4.40. The molecular weight excluding hydrogens is 256 g/mol. The van der Waals surface area contributed by atoms with Crippen LogP contribution in [-0.2, 0) is 26.1 Å². The summed E-state index contributed by atoms with van der Waals surface area (Å²) < 4.78 is 21.3. The lowest BCUT2D eigenvalue weighted by Crippen LogP contribution is -2.18. The van der Waals surface area contributed by atoms with Gasteiger partial charge in [-0.25, -0.2) is 0 Å². The molecule has 0 aromatic carbocycles. The maximum atomic E-state index is 11.9. The zero-order valence-electron chi connectivity index (χ0n) is 10.6. The predicted molar refractivity (Wildman–Crippen MR) is 66.5 cm³/mol. The van der Waals surface area contributed by atoms with Gasteiger partial charge in [0.05, 0.1) is 32.1 Å². The minimum atomic E-state index is -1.19. The molecule has 7 heteroatoms. The van der Waals surface area contributed by atoms with Crippen LogP contribution in [0.2, 0.25) is 0 Å². The zero-order valence-corrected chi connectivity index (χ0v) is 11.4. The number of hydrogen-bond acceptors (Lipinski definition) is 6. The quantitative estimate of drug-likeness (QED) is 0.709. The van der Waals surface area contributed by atoms with Crippen molar-refractivity contribution in [1.82, 2.24) is 10.2 Å². The molecule has 0 radical (unpaired) electrons. The lowest BCUT2D eigenvalue weighted by atomic mass is 10.3. The van der Waals surface area contributed by atoms with Gasteiger partial charge in [0.2, 0.25) is 5.88 Å². The summed E-state index contributed by atoms with van der Waals surface area (Å²) in [5.74, 6) is 0.304. The van der Waals surface area contributed by atoms with Gasteiger partial charge in [-0.3, -0.25) is 9.00 Å². The van der Waals surface area contributed by atoms with E-state index in [0.29, 0.717) is 11.6 Å². The molecule has 0 N–H and O–H groups in total. The molecule has 1 rings (SSSR count). The molecule has 1 heterocycles. The third-order valence-electron chi connectivity index (χ3n) is 2.33. The molecule has 0 aliphatic heterocycles. The first-order chi connectivity index (χ1) is 8.56. The number of carbonyl (C=O) groups is 1. The van der Waals surface area contributed by atoms with Crippen LogP contribution in [0.15, 0.2) is 12.1 Å². The molecule has 0 bridgehead atoms. The number of aromatic nitrogens is 2. The van der Waals surface area contributed by atoms with E-state index < -0.39 is 10.8 Å². The van der Waals surface area contributed by atoms with Crippen LogP contribution in [0.3, 0.4) is 0 Å². The SMILES string of the molecule is COC(=O)CC(C)S(=O)Cc1ccc(OC)nn1. The Morgan fingerprint density at radius 1 is 1.39 bits per heavy atom. The number of hydrogen-bond donors (Lipinski definition) is 0. The first-order valence-electron chi connectivity index (χ1n) is 5.37. The molecule has 0 fully saturated rings. The smallest absolute Gasteiger partial charge is 0.306 e. The van der Waals surface area contributed by atoms with Gasteiger partial charge in [-0.05, 0) is 6.07 Å². The molecule has 0 saturated heterocycles. The van der Waals surface area contributed by atoms with E-state index in [1.54, 1.807) is 19.1 Å². The average Bonchev–Trinajstić information content (AvgIpc) is 2.39. The molecule has 1 aromatic rings. The highest BCUT2D eigenvalue weighted by molar-refractivity contribution is 7.84. The summed E-state index contributed by atoms with van der Waals surface area (Å²) in [6.07, 6.45) is 0.132. The highest BCUT2D eigenvalue weighted by atomic mass is 32.2. The Morgan fingerprint density at radius 3 is 2.61 bits per heavy atom. The van der Waals surface area contributed by atoms with Gasteiger partial charge in [0.25, 0.3) is 0 Å². The maximum absolute atomic E-state index is 11.9. The van der Waals surface area contributed by atoms with Crippen LogP contribution in [0, 0.1) is 0 Å². The Hall–Kier alpha value is -1.50. The van der Waals surface area contributed by atoms with Gasteiger partial charge in [-0.15, -0.1) is 5.10 Å². The van der Waals surface area contributed by atoms with Crippen molar-refractivity contribution in [2.24, 2.45) is 0 Å². The van der Waals surface area contributed by atoms with Crippen molar-refractivity contribution in [3.8, 4) is 5.88 Å². The van der Waals surface area contributed by atoms with Gasteiger partial charge in [-0.2, -0.15) is 5.10 Å². The van der Waals surface area contributed by atoms with Gasteiger partial charge in [0.15, 0.2) is 0 Å². The third-order valence-corrected chi connectivity index (χ3v) is 3.97. The van der Waals surface area contributed by atoms with Crippen LogP contribution in [0.25, 0.3) is 0 Å². The Balaban J connectivity index is 2.55. The van der Waals surface area contributed by atoms with Crippen molar-refractivity contribution in [3.05, 3.63) is 17.8 Å². The van der Waals surface area contributed by atoms with Crippen LogP contribution < -0.4 is 4.74 Å². The van der Waals surface area contributed by atoms with Crippen LogP contribution in [-0.4, -0.2) is 39.8 Å². The second kappa shape index (κ2) is 7.05. The molecule has 0 aliphatic rings. The molecule has 6 nitrogen and oxygen atoms in total. The molecule has 2 unspecified atom stereocenters. The number of carbonyl (C=O) groups excluding carboxylic acids is 1. The molecule has 18 heavy (non-hydrogen) atoms. The largest absolute Gasteiger partial charge is 0.480 e. The summed E-state index contributed by atoms with van der Waals surface area (Å²) in [5, 5.41) is 7.40. The number of esters is 1. The number of ether oxygens (including phenoxy) is 2. The standard InChI is InChI=1S/C11H16N2O4S/c1-8(6-11(14)17-3)18(15)7-9-4-5-10(16-2)13-12-9/h4-5,8H,6-7H2,1-3H3. The van der Waals surface area contributed by atoms with Gasteiger partial charge < -0.3 is 9.47 Å². The molecule has 0 saturated carbocycles. The second-order valence-corrected chi connectivity index (χ2v) is 5.54. The van der Waals surface area contributed by atoms with Crippen LogP contribution in [0.1, 0.15) is 19.0 Å². The normalized spacial score (nSPS) is 13.7. The molecule has 100 valence electrons. The minimum absolute atomic E-state index is 0.132. The first-order valence-corrected chi connectivity index (χ1v) is 6.75. The minimum Gasteiger partial charge on any atom is -0.480 e. The monoisotopic (exact) mass is 272 g/mol. The van der Waals surface area contributed by atoms with E-state index in [1.165, 1.54) is 14.2 Å². The van der Waals surface area contributed by atoms with E-state index in [0.717, 1.165) is 0 Å². The van der Waals surface area contributed by atoms with Crippen molar-refractivity contribution in [2.45, 2.75) is 24.3 Å². The van der Waals surface area contributed by atoms with Crippen molar-refractivity contribution in [1.29, 1.82) is 0 Å². The lowest BCUT2D eigenvalue weighted by Gasteiger charge is -2.09. The van der Waals surface area contributed by atoms with Crippen molar-refractivity contribution in [2.75, 3.05) is 14.2 Å². The molecule has 0 aliphatic carbocycles. The molecule has 1 aromatic heterocycles. The Labute approximate surface area is 108 Å². The van der Waals surface area contributed by atoms with Gasteiger partial charge >= 0.3 is 5.97 Å². The van der Waals surface area contributed by atoms with Crippen molar-refractivity contribution >= 4 is 16.8 Å². The molecule has 0 amide bonds. The summed E-state index contributed by atoms with van der Waals surface area (Å²) >= 11 is 0. The van der Waals surface area contributed by atoms with Gasteiger partial charge in [0.1, 0.15) is 0 Å². The highest BCUT2D eigenvalue weighted by Gasteiger charge is 2.17. The van der Waals surface area contributed by atoms with Crippen molar-refractivity contribution in [3.63, 3.8) is 0 Å².